The molecule has 0 amide bonds. The summed E-state index contributed by atoms with van der Waals surface area (Å²) in [7, 11) is -4.79. The van der Waals surface area contributed by atoms with Crippen molar-refractivity contribution < 1.29 is 18.9 Å². The van der Waals surface area contributed by atoms with Gasteiger partial charge in [0.25, 0.3) is 0 Å². The predicted molar refractivity (Wildman–Crippen MR) is 77.6 cm³/mol. The summed E-state index contributed by atoms with van der Waals surface area (Å²) in [5.74, 6) is -0.293. The second-order valence-electron chi connectivity index (χ2n) is 3.32. The lowest BCUT2D eigenvalue weighted by Gasteiger charge is -2.19. The Morgan fingerprint density at radius 1 is 0.895 bits per heavy atom. The standard InChI is InChI=1S/C8H5Cl6O4P/c9-7(10,11)4-1-5(8(12,13)14)3-6(2-4)18-19(15,16)17/h1-3H,(H2,15,16,17). The van der Waals surface area contributed by atoms with Crippen molar-refractivity contribution in [2.75, 3.05) is 0 Å². The van der Waals surface area contributed by atoms with Crippen molar-refractivity contribution in [3.63, 3.8) is 0 Å². The van der Waals surface area contributed by atoms with Crippen LogP contribution in [0, 0.1) is 0 Å². The Bertz CT molecular complexity index is 485. The van der Waals surface area contributed by atoms with Gasteiger partial charge in [-0.3, -0.25) is 9.79 Å². The van der Waals surface area contributed by atoms with Gasteiger partial charge in [0.2, 0.25) is 7.59 Å². The number of phosphoric acid groups is 1. The van der Waals surface area contributed by atoms with E-state index in [0.717, 1.165) is 12.1 Å². The summed E-state index contributed by atoms with van der Waals surface area (Å²) >= 11 is 34.1. The fourth-order valence-corrected chi connectivity index (χ4v) is 2.15. The van der Waals surface area contributed by atoms with E-state index in [9.17, 15) is 4.57 Å². The zero-order chi connectivity index (χ0) is 15.1. The molecule has 11 heteroatoms. The molecule has 0 atom stereocenters. The van der Waals surface area contributed by atoms with E-state index in [4.69, 9.17) is 79.4 Å². The Morgan fingerprint density at radius 2 is 1.26 bits per heavy atom. The maximum Gasteiger partial charge on any atom is 0.524 e. The molecule has 0 bridgehead atoms. The normalized spacial score (nSPS) is 13.5. The van der Waals surface area contributed by atoms with Crippen molar-refractivity contribution >= 4 is 77.4 Å². The van der Waals surface area contributed by atoms with Gasteiger partial charge in [-0.15, -0.1) is 0 Å². The van der Waals surface area contributed by atoms with Gasteiger partial charge in [-0.05, 0) is 18.2 Å². The number of halogens is 6. The van der Waals surface area contributed by atoms with E-state index in [1.807, 2.05) is 0 Å². The number of hydrogen-bond donors (Lipinski definition) is 2. The first-order valence-electron chi connectivity index (χ1n) is 4.34. The summed E-state index contributed by atoms with van der Waals surface area (Å²) in [6.45, 7) is 0. The van der Waals surface area contributed by atoms with Crippen molar-refractivity contribution in [3.05, 3.63) is 29.3 Å². The summed E-state index contributed by atoms with van der Waals surface area (Å²) in [5, 5.41) is 0. The minimum Gasteiger partial charge on any atom is -0.404 e. The molecule has 0 saturated carbocycles. The van der Waals surface area contributed by atoms with Gasteiger partial charge in [-0.2, -0.15) is 0 Å². The molecule has 0 heterocycles. The van der Waals surface area contributed by atoms with E-state index in [1.54, 1.807) is 0 Å². The van der Waals surface area contributed by atoms with Gasteiger partial charge < -0.3 is 4.52 Å². The molecule has 0 radical (unpaired) electrons. The van der Waals surface area contributed by atoms with Gasteiger partial charge in [0.1, 0.15) is 5.75 Å². The number of hydrogen-bond acceptors (Lipinski definition) is 2. The summed E-state index contributed by atoms with van der Waals surface area (Å²) in [4.78, 5) is 17.5. The lowest BCUT2D eigenvalue weighted by molar-refractivity contribution is 0.283. The molecular weight excluding hydrogens is 404 g/mol. The lowest BCUT2D eigenvalue weighted by atomic mass is 10.1. The molecule has 0 aliphatic carbocycles. The predicted octanol–water partition coefficient (Wildman–Crippen LogP) is 4.81. The van der Waals surface area contributed by atoms with E-state index in [2.05, 4.69) is 4.52 Å². The molecule has 1 aromatic carbocycles. The average molecular weight is 409 g/mol. The molecule has 19 heavy (non-hydrogen) atoms. The average Bonchev–Trinajstić information content (AvgIpc) is 2.11. The monoisotopic (exact) mass is 406 g/mol. The van der Waals surface area contributed by atoms with Crippen molar-refractivity contribution in [3.8, 4) is 5.75 Å². The van der Waals surface area contributed by atoms with Gasteiger partial charge in [0, 0.05) is 11.1 Å². The Morgan fingerprint density at radius 3 is 1.53 bits per heavy atom. The third kappa shape index (κ3) is 6.04. The zero-order valence-corrected chi connectivity index (χ0v) is 14.1. The molecule has 1 rings (SSSR count). The minimum atomic E-state index is -4.79. The molecular formula is C8H5Cl6O4P. The molecule has 0 aromatic heterocycles. The summed E-state index contributed by atoms with van der Waals surface area (Å²) in [5.41, 5.74) is 0.0644. The van der Waals surface area contributed by atoms with Crippen LogP contribution in [0.15, 0.2) is 18.2 Å². The maximum absolute atomic E-state index is 10.8. The minimum absolute atomic E-state index is 0.0322. The second-order valence-corrected chi connectivity index (χ2v) is 9.05. The highest BCUT2D eigenvalue weighted by Gasteiger charge is 2.30. The van der Waals surface area contributed by atoms with Crippen LogP contribution < -0.4 is 4.52 Å². The zero-order valence-electron chi connectivity index (χ0n) is 8.66. The molecule has 4 nitrogen and oxygen atoms in total. The van der Waals surface area contributed by atoms with E-state index in [0.29, 0.717) is 0 Å². The van der Waals surface area contributed by atoms with E-state index in [1.165, 1.54) is 6.07 Å². The fourth-order valence-electron chi connectivity index (χ4n) is 1.12. The second kappa shape index (κ2) is 5.96. The highest BCUT2D eigenvalue weighted by Crippen LogP contribution is 2.47. The van der Waals surface area contributed by atoms with Crippen LogP contribution >= 0.6 is 77.4 Å². The van der Waals surface area contributed by atoms with E-state index in [-0.39, 0.29) is 16.9 Å². The number of rotatable bonds is 2. The van der Waals surface area contributed by atoms with Gasteiger partial charge in [0.15, 0.2) is 0 Å². The van der Waals surface area contributed by atoms with Gasteiger partial charge >= 0.3 is 7.82 Å². The van der Waals surface area contributed by atoms with Crippen molar-refractivity contribution in [1.82, 2.24) is 0 Å². The smallest absolute Gasteiger partial charge is 0.404 e. The molecule has 0 saturated heterocycles. The van der Waals surface area contributed by atoms with Crippen LogP contribution in [0.4, 0.5) is 0 Å². The fraction of sp³-hybridized carbons (Fsp3) is 0.250. The lowest BCUT2D eigenvalue weighted by Crippen LogP contribution is -2.07. The topological polar surface area (TPSA) is 66.8 Å². The van der Waals surface area contributed by atoms with Crippen LogP contribution in [0.3, 0.4) is 0 Å². The number of benzene rings is 1. The molecule has 0 aliphatic heterocycles. The van der Waals surface area contributed by atoms with Crippen LogP contribution in [-0.4, -0.2) is 9.79 Å². The first-order chi connectivity index (χ1) is 8.29. The third-order valence-corrected chi connectivity index (χ3v) is 3.54. The van der Waals surface area contributed by atoms with Crippen LogP contribution in [0.1, 0.15) is 11.1 Å². The molecule has 1 aromatic rings. The molecule has 108 valence electrons. The number of phosphoric ester groups is 1. The Kier molecular flexibility index (Phi) is 5.63. The largest absolute Gasteiger partial charge is 0.524 e. The third-order valence-electron chi connectivity index (χ3n) is 1.79. The summed E-state index contributed by atoms with van der Waals surface area (Å²) in [6.07, 6.45) is 0. The van der Waals surface area contributed by atoms with Crippen LogP contribution in [-0.2, 0) is 12.2 Å². The summed E-state index contributed by atoms with van der Waals surface area (Å²) < 4.78 is 11.4. The molecule has 2 N–H and O–H groups in total. The Balaban J connectivity index is 3.37. The Hall–Kier alpha value is 0.910. The first-order valence-corrected chi connectivity index (χ1v) is 8.13. The maximum atomic E-state index is 10.8. The quantitative estimate of drug-likeness (QED) is 0.544. The Labute approximate surface area is 138 Å². The molecule has 0 spiro atoms. The highest BCUT2D eigenvalue weighted by atomic mass is 35.6. The van der Waals surface area contributed by atoms with E-state index < -0.39 is 15.4 Å². The van der Waals surface area contributed by atoms with Crippen molar-refractivity contribution in [1.29, 1.82) is 0 Å². The van der Waals surface area contributed by atoms with Crippen LogP contribution in [0.2, 0.25) is 0 Å². The van der Waals surface area contributed by atoms with Crippen molar-refractivity contribution in [2.45, 2.75) is 7.59 Å². The number of alkyl halides is 6. The SMILES string of the molecule is O=P(O)(O)Oc1cc(C(Cl)(Cl)Cl)cc(C(Cl)(Cl)Cl)c1. The van der Waals surface area contributed by atoms with Gasteiger partial charge in [-0.1, -0.05) is 69.6 Å². The first kappa shape index (κ1) is 18.0. The highest BCUT2D eigenvalue weighted by molar-refractivity contribution is 7.46. The van der Waals surface area contributed by atoms with Crippen LogP contribution in [0.25, 0.3) is 0 Å². The van der Waals surface area contributed by atoms with Crippen molar-refractivity contribution in [2.24, 2.45) is 0 Å². The summed E-state index contributed by atoms with van der Waals surface area (Å²) in [6, 6.07) is 3.50. The molecule has 0 fully saturated rings. The van der Waals surface area contributed by atoms with Crippen LogP contribution in [0.5, 0.6) is 5.75 Å². The van der Waals surface area contributed by atoms with Gasteiger partial charge in [0.05, 0.1) is 0 Å². The molecule has 0 unspecified atom stereocenters. The van der Waals surface area contributed by atoms with E-state index >= 15 is 0 Å². The molecule has 0 aliphatic rings. The van der Waals surface area contributed by atoms with Gasteiger partial charge in [-0.25, -0.2) is 4.57 Å².